The number of ether oxygens (including phenoxy) is 1. The Labute approximate surface area is 102 Å². The van der Waals surface area contributed by atoms with Gasteiger partial charge in [-0.1, -0.05) is 6.07 Å². The molecule has 1 aromatic rings. The highest BCUT2D eigenvalue weighted by Crippen LogP contribution is 2.34. The molecular weight excluding hydrogens is 218 g/mol. The average molecular weight is 237 g/mol. The second-order valence-electron chi connectivity index (χ2n) is 4.33. The van der Waals surface area contributed by atoms with Crippen molar-refractivity contribution in [1.29, 1.82) is 0 Å². The molecule has 2 nitrogen and oxygen atoms in total. The Morgan fingerprint density at radius 1 is 1.25 bits per heavy atom. The third-order valence-corrected chi connectivity index (χ3v) is 4.39. The van der Waals surface area contributed by atoms with Crippen LogP contribution in [-0.4, -0.2) is 18.4 Å². The van der Waals surface area contributed by atoms with Gasteiger partial charge in [0.25, 0.3) is 0 Å². The maximum atomic E-state index is 5.91. The lowest BCUT2D eigenvalue weighted by molar-refractivity contribution is 0.413. The van der Waals surface area contributed by atoms with E-state index >= 15 is 0 Å². The van der Waals surface area contributed by atoms with E-state index in [1.165, 1.54) is 30.6 Å². The molecule has 0 spiro atoms. The van der Waals surface area contributed by atoms with E-state index in [0.29, 0.717) is 6.04 Å². The number of hydrogen-bond donors (Lipinski definition) is 1. The summed E-state index contributed by atoms with van der Waals surface area (Å²) in [5, 5.41) is 0.729. The fourth-order valence-electron chi connectivity index (χ4n) is 2.07. The van der Waals surface area contributed by atoms with E-state index < -0.39 is 0 Å². The summed E-state index contributed by atoms with van der Waals surface area (Å²) >= 11 is 1.96. The summed E-state index contributed by atoms with van der Waals surface area (Å²) < 4.78 is 5.23. The first-order chi connectivity index (χ1) is 7.78. The van der Waals surface area contributed by atoms with Gasteiger partial charge in [0.05, 0.1) is 7.11 Å². The van der Waals surface area contributed by atoms with Gasteiger partial charge in [-0.05, 0) is 43.9 Å². The maximum absolute atomic E-state index is 5.91. The first-order valence-electron chi connectivity index (χ1n) is 5.84. The summed E-state index contributed by atoms with van der Waals surface area (Å²) in [5.74, 6) is 0.942. The van der Waals surface area contributed by atoms with Crippen molar-refractivity contribution in [1.82, 2.24) is 0 Å². The Hall–Kier alpha value is -0.670. The Kier molecular flexibility index (Phi) is 4.13. The molecular formula is C13H19NOS. The van der Waals surface area contributed by atoms with Crippen molar-refractivity contribution in [2.45, 2.75) is 41.9 Å². The summed E-state index contributed by atoms with van der Waals surface area (Å²) in [6, 6.07) is 8.74. The molecule has 16 heavy (non-hydrogen) atoms. The molecule has 1 aromatic carbocycles. The fraction of sp³-hybridized carbons (Fsp3) is 0.538. The Bertz CT molecular complexity index is 334. The van der Waals surface area contributed by atoms with Crippen LogP contribution in [0.25, 0.3) is 0 Å². The molecule has 0 heterocycles. The number of benzene rings is 1. The minimum atomic E-state index is 0.433. The number of hydrogen-bond acceptors (Lipinski definition) is 3. The largest absolute Gasteiger partial charge is 0.497 e. The van der Waals surface area contributed by atoms with Crippen LogP contribution in [0.4, 0.5) is 0 Å². The molecule has 1 fully saturated rings. The van der Waals surface area contributed by atoms with Gasteiger partial charge in [-0.25, -0.2) is 0 Å². The summed E-state index contributed by atoms with van der Waals surface area (Å²) in [6.45, 7) is 0. The van der Waals surface area contributed by atoms with Crippen molar-refractivity contribution < 1.29 is 4.74 Å². The lowest BCUT2D eigenvalue weighted by atomic mass is 9.96. The predicted molar refractivity (Wildman–Crippen MR) is 69.1 cm³/mol. The number of thioether (sulfide) groups is 1. The molecule has 1 aliphatic carbocycles. The molecule has 0 radical (unpaired) electrons. The van der Waals surface area contributed by atoms with Gasteiger partial charge >= 0.3 is 0 Å². The maximum Gasteiger partial charge on any atom is 0.119 e. The van der Waals surface area contributed by atoms with E-state index in [9.17, 15) is 0 Å². The van der Waals surface area contributed by atoms with Gasteiger partial charge in [-0.15, -0.1) is 11.8 Å². The van der Waals surface area contributed by atoms with Crippen LogP contribution in [0.2, 0.25) is 0 Å². The van der Waals surface area contributed by atoms with Gasteiger partial charge in [-0.3, -0.25) is 0 Å². The highest BCUT2D eigenvalue weighted by molar-refractivity contribution is 8.00. The SMILES string of the molecule is COc1cccc(SC2CCC(N)CC2)c1. The highest BCUT2D eigenvalue weighted by Gasteiger charge is 2.19. The third kappa shape index (κ3) is 3.16. The second-order valence-corrected chi connectivity index (χ2v) is 5.71. The summed E-state index contributed by atoms with van der Waals surface area (Å²) in [4.78, 5) is 1.31. The van der Waals surface area contributed by atoms with E-state index in [2.05, 4.69) is 18.2 Å². The van der Waals surface area contributed by atoms with Crippen LogP contribution in [0.3, 0.4) is 0 Å². The van der Waals surface area contributed by atoms with Crippen molar-refractivity contribution in [3.05, 3.63) is 24.3 Å². The van der Waals surface area contributed by atoms with Crippen molar-refractivity contribution >= 4 is 11.8 Å². The predicted octanol–water partition coefficient (Wildman–Crippen LogP) is 3.06. The standard InChI is InChI=1S/C13H19NOS/c1-15-11-3-2-4-13(9-11)16-12-7-5-10(14)6-8-12/h2-4,9-10,12H,5-8,14H2,1H3. The summed E-state index contributed by atoms with van der Waals surface area (Å²) in [7, 11) is 1.71. The topological polar surface area (TPSA) is 35.2 Å². The number of methoxy groups -OCH3 is 1. The molecule has 0 aromatic heterocycles. The first-order valence-corrected chi connectivity index (χ1v) is 6.72. The smallest absolute Gasteiger partial charge is 0.119 e. The molecule has 2 rings (SSSR count). The van der Waals surface area contributed by atoms with Gasteiger partial charge in [0.2, 0.25) is 0 Å². The summed E-state index contributed by atoms with van der Waals surface area (Å²) in [5.41, 5.74) is 5.91. The van der Waals surface area contributed by atoms with E-state index in [0.717, 1.165) is 11.0 Å². The Morgan fingerprint density at radius 3 is 2.69 bits per heavy atom. The molecule has 0 atom stereocenters. The number of nitrogens with two attached hydrogens (primary N) is 1. The number of rotatable bonds is 3. The van der Waals surface area contributed by atoms with Crippen molar-refractivity contribution in [2.75, 3.05) is 7.11 Å². The molecule has 0 bridgehead atoms. The quantitative estimate of drug-likeness (QED) is 0.877. The van der Waals surface area contributed by atoms with E-state index in [4.69, 9.17) is 10.5 Å². The average Bonchev–Trinajstić information content (AvgIpc) is 2.32. The monoisotopic (exact) mass is 237 g/mol. The van der Waals surface area contributed by atoms with Crippen LogP contribution in [-0.2, 0) is 0 Å². The van der Waals surface area contributed by atoms with Crippen molar-refractivity contribution in [3.8, 4) is 5.75 Å². The van der Waals surface area contributed by atoms with Crippen LogP contribution in [0.1, 0.15) is 25.7 Å². The second kappa shape index (κ2) is 5.60. The molecule has 1 aliphatic rings. The molecule has 3 heteroatoms. The zero-order valence-electron chi connectivity index (χ0n) is 9.69. The Balaban J connectivity index is 1.93. The minimum Gasteiger partial charge on any atom is -0.497 e. The summed E-state index contributed by atoms with van der Waals surface area (Å²) in [6.07, 6.45) is 4.81. The van der Waals surface area contributed by atoms with Crippen molar-refractivity contribution in [3.63, 3.8) is 0 Å². The molecule has 0 unspecified atom stereocenters. The molecule has 0 aliphatic heterocycles. The fourth-order valence-corrected chi connectivity index (χ4v) is 3.31. The van der Waals surface area contributed by atoms with Gasteiger partial charge in [0, 0.05) is 16.2 Å². The van der Waals surface area contributed by atoms with E-state index in [-0.39, 0.29) is 0 Å². The first kappa shape index (κ1) is 11.8. The third-order valence-electron chi connectivity index (χ3n) is 3.06. The van der Waals surface area contributed by atoms with Crippen LogP contribution in [0.5, 0.6) is 5.75 Å². The zero-order chi connectivity index (χ0) is 11.4. The van der Waals surface area contributed by atoms with Gasteiger partial charge < -0.3 is 10.5 Å². The molecule has 0 amide bonds. The lowest BCUT2D eigenvalue weighted by Gasteiger charge is -2.25. The van der Waals surface area contributed by atoms with Gasteiger partial charge in [0.1, 0.15) is 5.75 Å². The van der Waals surface area contributed by atoms with Crippen LogP contribution in [0, 0.1) is 0 Å². The van der Waals surface area contributed by atoms with Crippen LogP contribution < -0.4 is 10.5 Å². The lowest BCUT2D eigenvalue weighted by Crippen LogP contribution is -2.27. The van der Waals surface area contributed by atoms with Gasteiger partial charge in [0.15, 0.2) is 0 Å². The normalized spacial score (nSPS) is 25.4. The zero-order valence-corrected chi connectivity index (χ0v) is 10.5. The van der Waals surface area contributed by atoms with Crippen molar-refractivity contribution in [2.24, 2.45) is 5.73 Å². The Morgan fingerprint density at radius 2 is 2.00 bits per heavy atom. The minimum absolute atomic E-state index is 0.433. The van der Waals surface area contributed by atoms with Crippen LogP contribution in [0.15, 0.2) is 29.2 Å². The molecule has 1 saturated carbocycles. The molecule has 2 N–H and O–H groups in total. The van der Waals surface area contributed by atoms with E-state index in [1.54, 1.807) is 7.11 Å². The molecule has 0 saturated heterocycles. The van der Waals surface area contributed by atoms with Gasteiger partial charge in [-0.2, -0.15) is 0 Å². The van der Waals surface area contributed by atoms with E-state index in [1.807, 2.05) is 17.8 Å². The van der Waals surface area contributed by atoms with Crippen LogP contribution >= 0.6 is 11.8 Å². The highest BCUT2D eigenvalue weighted by atomic mass is 32.2. The molecule has 88 valence electrons.